The lowest BCUT2D eigenvalue weighted by Crippen LogP contribution is -2.35. The molecule has 0 heterocycles. The summed E-state index contributed by atoms with van der Waals surface area (Å²) in [6.45, 7) is 14.8. The zero-order chi connectivity index (χ0) is 15.7. The summed E-state index contributed by atoms with van der Waals surface area (Å²) in [7, 11) is 1.74. The van der Waals surface area contributed by atoms with Crippen molar-refractivity contribution in [2.24, 2.45) is 0 Å². The fourth-order valence-electron chi connectivity index (χ4n) is 2.12. The van der Waals surface area contributed by atoms with Crippen molar-refractivity contribution in [1.82, 2.24) is 10.2 Å². The molecule has 3 nitrogen and oxygen atoms in total. The molecule has 1 aromatic carbocycles. The van der Waals surface area contributed by atoms with E-state index < -0.39 is 0 Å². The lowest BCUT2D eigenvalue weighted by molar-refractivity contribution is 0.151. The Kier molecular flexibility index (Phi) is 7.65. The van der Waals surface area contributed by atoms with Crippen molar-refractivity contribution in [3.8, 4) is 0 Å². The first-order valence-electron chi connectivity index (χ1n) is 7.60. The quantitative estimate of drug-likeness (QED) is 0.707. The van der Waals surface area contributed by atoms with Crippen molar-refractivity contribution in [1.29, 1.82) is 0 Å². The molecule has 118 valence electrons. The summed E-state index contributed by atoms with van der Waals surface area (Å²) in [6, 6.07) is 8.63. The third-order valence-electron chi connectivity index (χ3n) is 3.32. The molecule has 0 aliphatic rings. The van der Waals surface area contributed by atoms with E-state index in [1.807, 2.05) is 6.08 Å². The van der Waals surface area contributed by atoms with Crippen LogP contribution >= 0.6 is 0 Å². The van der Waals surface area contributed by atoms with Crippen molar-refractivity contribution >= 4 is 0 Å². The minimum absolute atomic E-state index is 0.129. The normalized spacial score (nSPS) is 11.9. The minimum Gasteiger partial charge on any atom is -0.383 e. The first kappa shape index (κ1) is 17.9. The largest absolute Gasteiger partial charge is 0.383 e. The zero-order valence-corrected chi connectivity index (χ0v) is 14.0. The van der Waals surface area contributed by atoms with Crippen LogP contribution < -0.4 is 5.32 Å². The number of nitrogens with one attached hydrogen (secondary N) is 1. The summed E-state index contributed by atoms with van der Waals surface area (Å²) in [4.78, 5) is 2.35. The fourth-order valence-corrected chi connectivity index (χ4v) is 2.12. The van der Waals surface area contributed by atoms with E-state index >= 15 is 0 Å². The van der Waals surface area contributed by atoms with E-state index in [0.29, 0.717) is 0 Å². The number of methoxy groups -OCH3 is 1. The molecule has 0 saturated carbocycles. The van der Waals surface area contributed by atoms with Gasteiger partial charge in [-0.25, -0.2) is 0 Å². The predicted octanol–water partition coefficient (Wildman–Crippen LogP) is 3.21. The second-order valence-corrected chi connectivity index (χ2v) is 6.39. The van der Waals surface area contributed by atoms with Crippen molar-refractivity contribution in [2.45, 2.75) is 39.4 Å². The predicted molar refractivity (Wildman–Crippen MR) is 90.4 cm³/mol. The summed E-state index contributed by atoms with van der Waals surface area (Å²) in [6.07, 6.45) is 1.95. The van der Waals surface area contributed by atoms with E-state index in [9.17, 15) is 0 Å². The van der Waals surface area contributed by atoms with Crippen LogP contribution in [0.15, 0.2) is 36.9 Å². The number of ether oxygens (including phenoxy) is 1. The van der Waals surface area contributed by atoms with E-state index in [0.717, 1.165) is 32.8 Å². The molecule has 1 N–H and O–H groups in total. The molecule has 0 amide bonds. The lowest BCUT2D eigenvalue weighted by Gasteiger charge is -2.24. The maximum absolute atomic E-state index is 5.19. The van der Waals surface area contributed by atoms with E-state index in [1.165, 1.54) is 11.1 Å². The van der Waals surface area contributed by atoms with E-state index in [1.54, 1.807) is 7.11 Å². The first-order chi connectivity index (χ1) is 9.96. The molecule has 1 aromatic rings. The number of rotatable bonds is 9. The standard InChI is InChI=1S/C18H30N2O/c1-6-11-20(12-13-21-5)15-17-10-8-7-9-16(17)14-19-18(2,3)4/h6-10,19H,1,11-15H2,2-5H3. The maximum Gasteiger partial charge on any atom is 0.0589 e. The van der Waals surface area contributed by atoms with Crippen LogP contribution in [0.4, 0.5) is 0 Å². The summed E-state index contributed by atoms with van der Waals surface area (Å²) in [5.41, 5.74) is 2.86. The van der Waals surface area contributed by atoms with Crippen molar-refractivity contribution < 1.29 is 4.74 Å². The smallest absolute Gasteiger partial charge is 0.0589 e. The summed E-state index contributed by atoms with van der Waals surface area (Å²) >= 11 is 0. The molecule has 21 heavy (non-hydrogen) atoms. The Balaban J connectivity index is 2.73. The topological polar surface area (TPSA) is 24.5 Å². The van der Waals surface area contributed by atoms with Crippen molar-refractivity contribution in [2.75, 3.05) is 26.8 Å². The molecule has 0 spiro atoms. The maximum atomic E-state index is 5.19. The van der Waals surface area contributed by atoms with Gasteiger partial charge >= 0.3 is 0 Å². The minimum atomic E-state index is 0.129. The van der Waals surface area contributed by atoms with Crippen LogP contribution in [0, 0.1) is 0 Å². The van der Waals surface area contributed by atoms with Crippen LogP contribution in [0.25, 0.3) is 0 Å². The van der Waals surface area contributed by atoms with Crippen LogP contribution in [0.2, 0.25) is 0 Å². The van der Waals surface area contributed by atoms with E-state index in [4.69, 9.17) is 4.74 Å². The molecular weight excluding hydrogens is 260 g/mol. The highest BCUT2D eigenvalue weighted by atomic mass is 16.5. The molecule has 1 rings (SSSR count). The first-order valence-corrected chi connectivity index (χ1v) is 7.60. The molecule has 0 radical (unpaired) electrons. The van der Waals surface area contributed by atoms with Gasteiger partial charge in [-0.05, 0) is 31.9 Å². The average molecular weight is 290 g/mol. The molecule has 0 bridgehead atoms. The molecule has 0 unspecified atom stereocenters. The van der Waals surface area contributed by atoms with Crippen LogP contribution in [0.1, 0.15) is 31.9 Å². The number of hydrogen-bond donors (Lipinski definition) is 1. The van der Waals surface area contributed by atoms with Crippen LogP contribution in [-0.4, -0.2) is 37.2 Å². The summed E-state index contributed by atoms with van der Waals surface area (Å²) in [5.74, 6) is 0. The Morgan fingerprint density at radius 3 is 2.48 bits per heavy atom. The molecule has 0 aromatic heterocycles. The lowest BCUT2D eigenvalue weighted by atomic mass is 10.0. The van der Waals surface area contributed by atoms with E-state index in [2.05, 4.69) is 61.8 Å². The molecule has 0 atom stereocenters. The number of hydrogen-bond acceptors (Lipinski definition) is 3. The average Bonchev–Trinajstić information content (AvgIpc) is 2.43. The van der Waals surface area contributed by atoms with Gasteiger partial charge in [-0.2, -0.15) is 0 Å². The van der Waals surface area contributed by atoms with Gasteiger partial charge in [0, 0.05) is 38.8 Å². The molecule has 0 aliphatic carbocycles. The van der Waals surface area contributed by atoms with Crippen LogP contribution in [-0.2, 0) is 17.8 Å². The van der Waals surface area contributed by atoms with Crippen molar-refractivity contribution in [3.63, 3.8) is 0 Å². The highest BCUT2D eigenvalue weighted by Crippen LogP contribution is 2.13. The van der Waals surface area contributed by atoms with Gasteiger partial charge < -0.3 is 10.1 Å². The molecule has 0 aliphatic heterocycles. The molecule has 0 saturated heterocycles. The summed E-state index contributed by atoms with van der Waals surface area (Å²) in [5, 5.41) is 3.56. The van der Waals surface area contributed by atoms with Gasteiger partial charge in [0.25, 0.3) is 0 Å². The highest BCUT2D eigenvalue weighted by molar-refractivity contribution is 5.27. The highest BCUT2D eigenvalue weighted by Gasteiger charge is 2.11. The third-order valence-corrected chi connectivity index (χ3v) is 3.32. The Morgan fingerprint density at radius 1 is 1.24 bits per heavy atom. The Hall–Kier alpha value is -1.16. The molecular formula is C18H30N2O. The monoisotopic (exact) mass is 290 g/mol. The van der Waals surface area contributed by atoms with Gasteiger partial charge in [-0.15, -0.1) is 6.58 Å². The van der Waals surface area contributed by atoms with Crippen molar-refractivity contribution in [3.05, 3.63) is 48.0 Å². The number of benzene rings is 1. The molecule has 3 heteroatoms. The van der Waals surface area contributed by atoms with Crippen LogP contribution in [0.5, 0.6) is 0 Å². The second kappa shape index (κ2) is 8.98. The van der Waals surface area contributed by atoms with Gasteiger partial charge in [0.1, 0.15) is 0 Å². The Labute approximate surface area is 130 Å². The fraction of sp³-hybridized carbons (Fsp3) is 0.556. The van der Waals surface area contributed by atoms with Gasteiger partial charge in [0.15, 0.2) is 0 Å². The molecule has 0 fully saturated rings. The van der Waals surface area contributed by atoms with E-state index in [-0.39, 0.29) is 5.54 Å². The van der Waals surface area contributed by atoms with Gasteiger partial charge in [0.2, 0.25) is 0 Å². The van der Waals surface area contributed by atoms with Gasteiger partial charge in [-0.1, -0.05) is 30.3 Å². The van der Waals surface area contributed by atoms with Gasteiger partial charge in [0.05, 0.1) is 6.61 Å². The SMILES string of the molecule is C=CCN(CCOC)Cc1ccccc1CNC(C)(C)C. The number of nitrogens with zero attached hydrogens (tertiary/aromatic N) is 1. The second-order valence-electron chi connectivity index (χ2n) is 6.39. The summed E-state index contributed by atoms with van der Waals surface area (Å²) < 4.78 is 5.19. The van der Waals surface area contributed by atoms with Gasteiger partial charge in [-0.3, -0.25) is 4.90 Å². The Bertz CT molecular complexity index is 423. The van der Waals surface area contributed by atoms with Crippen LogP contribution in [0.3, 0.4) is 0 Å². The zero-order valence-electron chi connectivity index (χ0n) is 14.0. The third kappa shape index (κ3) is 7.42. The Morgan fingerprint density at radius 2 is 1.90 bits per heavy atom.